The van der Waals surface area contributed by atoms with Crippen LogP contribution in [0.5, 0.6) is 0 Å². The standard InChI is InChI=1S/C16H25N3O3S/c1-4-5-12(2)15(21)19-11-23-10-14(19)16(22)18-8-6-17(7-9-18)13(3)20/h5,14H,4,6-11H2,1-3H3/b12-5-. The zero-order valence-electron chi connectivity index (χ0n) is 14.1. The molecule has 3 amide bonds. The highest BCUT2D eigenvalue weighted by Crippen LogP contribution is 2.25. The second-order valence-electron chi connectivity index (χ2n) is 5.92. The van der Waals surface area contributed by atoms with Crippen LogP contribution in [0.25, 0.3) is 0 Å². The van der Waals surface area contributed by atoms with Gasteiger partial charge < -0.3 is 14.7 Å². The lowest BCUT2D eigenvalue weighted by molar-refractivity contribution is -0.144. The summed E-state index contributed by atoms with van der Waals surface area (Å²) in [7, 11) is 0. The monoisotopic (exact) mass is 339 g/mol. The van der Waals surface area contributed by atoms with Crippen LogP contribution in [0.4, 0.5) is 0 Å². The molecule has 128 valence electrons. The number of amides is 3. The van der Waals surface area contributed by atoms with Crippen LogP contribution in [-0.4, -0.2) is 76.3 Å². The van der Waals surface area contributed by atoms with Crippen LogP contribution >= 0.6 is 11.8 Å². The molecule has 23 heavy (non-hydrogen) atoms. The topological polar surface area (TPSA) is 60.9 Å². The Labute approximate surface area is 141 Å². The summed E-state index contributed by atoms with van der Waals surface area (Å²) in [4.78, 5) is 41.9. The molecular weight excluding hydrogens is 314 g/mol. The molecule has 2 rings (SSSR count). The molecule has 7 heteroatoms. The highest BCUT2D eigenvalue weighted by atomic mass is 32.2. The molecule has 0 saturated carbocycles. The van der Waals surface area contributed by atoms with Crippen molar-refractivity contribution in [2.24, 2.45) is 0 Å². The molecule has 0 spiro atoms. The number of carbonyl (C=O) groups is 3. The third kappa shape index (κ3) is 4.07. The van der Waals surface area contributed by atoms with E-state index in [-0.39, 0.29) is 23.8 Å². The van der Waals surface area contributed by atoms with E-state index >= 15 is 0 Å². The molecule has 0 aromatic carbocycles. The van der Waals surface area contributed by atoms with Crippen molar-refractivity contribution >= 4 is 29.5 Å². The maximum absolute atomic E-state index is 12.8. The average Bonchev–Trinajstić information content (AvgIpc) is 3.03. The fourth-order valence-electron chi connectivity index (χ4n) is 2.92. The Kier molecular flexibility index (Phi) is 6.10. The minimum atomic E-state index is -0.378. The van der Waals surface area contributed by atoms with Gasteiger partial charge in [0.15, 0.2) is 0 Å². The van der Waals surface area contributed by atoms with E-state index < -0.39 is 0 Å². The van der Waals surface area contributed by atoms with Crippen molar-refractivity contribution in [2.75, 3.05) is 37.8 Å². The maximum atomic E-state index is 12.8. The lowest BCUT2D eigenvalue weighted by atomic mass is 10.1. The number of thioether (sulfide) groups is 1. The van der Waals surface area contributed by atoms with Gasteiger partial charge >= 0.3 is 0 Å². The van der Waals surface area contributed by atoms with E-state index in [1.54, 1.807) is 33.4 Å². The number of hydrogen-bond acceptors (Lipinski definition) is 4. The molecule has 0 radical (unpaired) electrons. The van der Waals surface area contributed by atoms with Gasteiger partial charge in [0, 0.05) is 44.4 Å². The summed E-state index contributed by atoms with van der Waals surface area (Å²) in [5.74, 6) is 1.23. The van der Waals surface area contributed by atoms with E-state index in [4.69, 9.17) is 0 Å². The third-order valence-corrected chi connectivity index (χ3v) is 5.32. The molecule has 0 aromatic rings. The first kappa shape index (κ1) is 17.8. The number of piperazine rings is 1. The van der Waals surface area contributed by atoms with Crippen molar-refractivity contribution in [3.05, 3.63) is 11.6 Å². The maximum Gasteiger partial charge on any atom is 0.250 e. The van der Waals surface area contributed by atoms with Gasteiger partial charge in [0.05, 0.1) is 5.88 Å². The molecule has 0 bridgehead atoms. The van der Waals surface area contributed by atoms with Gasteiger partial charge in [-0.25, -0.2) is 0 Å². The van der Waals surface area contributed by atoms with Gasteiger partial charge in [-0.2, -0.15) is 0 Å². The number of allylic oxidation sites excluding steroid dienone is 1. The van der Waals surface area contributed by atoms with Crippen LogP contribution in [0.15, 0.2) is 11.6 Å². The summed E-state index contributed by atoms with van der Waals surface area (Å²) in [6, 6.07) is -0.378. The molecule has 1 unspecified atom stereocenters. The van der Waals surface area contributed by atoms with Crippen LogP contribution in [0.2, 0.25) is 0 Å². The highest BCUT2D eigenvalue weighted by Gasteiger charge is 2.38. The zero-order chi connectivity index (χ0) is 17.0. The van der Waals surface area contributed by atoms with E-state index in [2.05, 4.69) is 0 Å². The lowest BCUT2D eigenvalue weighted by Crippen LogP contribution is -2.55. The lowest BCUT2D eigenvalue weighted by Gasteiger charge is -2.36. The largest absolute Gasteiger partial charge is 0.339 e. The smallest absolute Gasteiger partial charge is 0.250 e. The Morgan fingerprint density at radius 2 is 1.70 bits per heavy atom. The van der Waals surface area contributed by atoms with Gasteiger partial charge in [0.1, 0.15) is 6.04 Å². The van der Waals surface area contributed by atoms with Crippen LogP contribution in [-0.2, 0) is 14.4 Å². The van der Waals surface area contributed by atoms with Gasteiger partial charge in [0.25, 0.3) is 5.91 Å². The summed E-state index contributed by atoms with van der Waals surface area (Å²) in [5, 5.41) is 0. The summed E-state index contributed by atoms with van der Waals surface area (Å²) >= 11 is 1.62. The van der Waals surface area contributed by atoms with E-state index in [1.165, 1.54) is 0 Å². The predicted octanol–water partition coefficient (Wildman–Crippen LogP) is 0.935. The molecule has 1 atom stereocenters. The normalized spacial score (nSPS) is 22.5. The van der Waals surface area contributed by atoms with Gasteiger partial charge in [-0.1, -0.05) is 13.0 Å². The predicted molar refractivity (Wildman–Crippen MR) is 90.8 cm³/mol. The number of nitrogens with zero attached hydrogens (tertiary/aromatic N) is 3. The first-order valence-electron chi connectivity index (χ1n) is 8.05. The first-order valence-corrected chi connectivity index (χ1v) is 9.21. The van der Waals surface area contributed by atoms with Crippen molar-refractivity contribution in [3.63, 3.8) is 0 Å². The first-order chi connectivity index (χ1) is 11.0. The van der Waals surface area contributed by atoms with E-state index in [1.807, 2.05) is 19.9 Å². The molecule has 2 heterocycles. The van der Waals surface area contributed by atoms with Crippen molar-refractivity contribution < 1.29 is 14.4 Å². The van der Waals surface area contributed by atoms with Crippen molar-refractivity contribution in [1.82, 2.24) is 14.7 Å². The highest BCUT2D eigenvalue weighted by molar-refractivity contribution is 7.99. The minimum Gasteiger partial charge on any atom is -0.339 e. The van der Waals surface area contributed by atoms with Gasteiger partial charge in [-0.15, -0.1) is 11.8 Å². The van der Waals surface area contributed by atoms with Crippen molar-refractivity contribution in [1.29, 1.82) is 0 Å². The molecule has 2 saturated heterocycles. The Balaban J connectivity index is 2.00. The molecule has 2 aliphatic rings. The Hall–Kier alpha value is -1.50. The Morgan fingerprint density at radius 3 is 2.26 bits per heavy atom. The summed E-state index contributed by atoms with van der Waals surface area (Å²) < 4.78 is 0. The fraction of sp³-hybridized carbons (Fsp3) is 0.688. The second-order valence-corrected chi connectivity index (χ2v) is 6.92. The molecule has 0 aliphatic carbocycles. The van der Waals surface area contributed by atoms with Gasteiger partial charge in [-0.3, -0.25) is 14.4 Å². The zero-order valence-corrected chi connectivity index (χ0v) is 14.9. The van der Waals surface area contributed by atoms with Gasteiger partial charge in [-0.05, 0) is 13.3 Å². The minimum absolute atomic E-state index is 0.0100. The fourth-order valence-corrected chi connectivity index (χ4v) is 4.06. The quantitative estimate of drug-likeness (QED) is 0.718. The number of rotatable bonds is 3. The van der Waals surface area contributed by atoms with E-state index in [0.717, 1.165) is 6.42 Å². The number of hydrogen-bond donors (Lipinski definition) is 0. The van der Waals surface area contributed by atoms with Crippen LogP contribution in [0.3, 0.4) is 0 Å². The Bertz CT molecular complexity index is 513. The molecule has 2 fully saturated rings. The molecule has 0 aromatic heterocycles. The second kappa shape index (κ2) is 7.86. The summed E-state index contributed by atoms with van der Waals surface area (Å²) in [5.41, 5.74) is 0.703. The third-order valence-electron chi connectivity index (χ3n) is 4.31. The molecule has 0 N–H and O–H groups in total. The summed E-state index contributed by atoms with van der Waals surface area (Å²) in [6.45, 7) is 7.59. The van der Waals surface area contributed by atoms with Crippen molar-refractivity contribution in [3.8, 4) is 0 Å². The Morgan fingerprint density at radius 1 is 1.09 bits per heavy atom. The van der Waals surface area contributed by atoms with Crippen LogP contribution < -0.4 is 0 Å². The van der Waals surface area contributed by atoms with Crippen LogP contribution in [0.1, 0.15) is 27.2 Å². The summed E-state index contributed by atoms with van der Waals surface area (Å²) in [6.07, 6.45) is 2.71. The molecule has 2 aliphatic heterocycles. The average molecular weight is 339 g/mol. The van der Waals surface area contributed by atoms with E-state index in [0.29, 0.717) is 43.4 Å². The molecule has 6 nitrogen and oxygen atoms in total. The van der Waals surface area contributed by atoms with Crippen LogP contribution in [0, 0.1) is 0 Å². The molecular formula is C16H25N3O3S. The number of carbonyl (C=O) groups excluding carboxylic acids is 3. The van der Waals surface area contributed by atoms with Crippen molar-refractivity contribution in [2.45, 2.75) is 33.2 Å². The van der Waals surface area contributed by atoms with Gasteiger partial charge in [0.2, 0.25) is 11.8 Å². The SMILES string of the molecule is CC/C=C(/C)C(=O)N1CSCC1C(=O)N1CCN(C(C)=O)CC1. The van der Waals surface area contributed by atoms with E-state index in [9.17, 15) is 14.4 Å².